The van der Waals surface area contributed by atoms with Crippen LogP contribution in [-0.4, -0.2) is 24.8 Å². The maximum absolute atomic E-state index is 5.80. The van der Waals surface area contributed by atoms with E-state index in [1.165, 1.54) is 5.56 Å². The van der Waals surface area contributed by atoms with Crippen molar-refractivity contribution in [3.63, 3.8) is 0 Å². The molecule has 1 unspecified atom stereocenters. The summed E-state index contributed by atoms with van der Waals surface area (Å²) in [7, 11) is 0. The minimum Gasteiger partial charge on any atom is -0.472 e. The second-order valence-electron chi connectivity index (χ2n) is 4.48. The quantitative estimate of drug-likeness (QED) is 0.774. The topological polar surface area (TPSA) is 34.4 Å². The van der Waals surface area contributed by atoms with Gasteiger partial charge in [-0.2, -0.15) is 0 Å². The maximum atomic E-state index is 5.80. The first-order valence-electron chi connectivity index (χ1n) is 5.98. The van der Waals surface area contributed by atoms with Gasteiger partial charge in [-0.05, 0) is 45.4 Å². The van der Waals surface area contributed by atoms with Crippen LogP contribution in [0.4, 0.5) is 0 Å². The Morgan fingerprint density at radius 1 is 1.44 bits per heavy atom. The predicted octanol–water partition coefficient (Wildman–Crippen LogP) is 2.62. The molecule has 0 radical (unpaired) electrons. The summed E-state index contributed by atoms with van der Waals surface area (Å²) in [6.45, 7) is 10.1. The lowest BCUT2D eigenvalue weighted by Gasteiger charge is -2.34. The minimum atomic E-state index is -0.165. The first-order valence-corrected chi connectivity index (χ1v) is 5.98. The molecule has 0 bridgehead atoms. The highest BCUT2D eigenvalue weighted by atomic mass is 16.5. The number of hydrogen-bond donors (Lipinski definition) is 1. The highest BCUT2D eigenvalue weighted by molar-refractivity contribution is 5.09. The summed E-state index contributed by atoms with van der Waals surface area (Å²) in [6.07, 6.45) is 4.44. The van der Waals surface area contributed by atoms with E-state index < -0.39 is 0 Å². The van der Waals surface area contributed by atoms with Gasteiger partial charge in [0.25, 0.3) is 0 Å². The molecule has 0 aliphatic carbocycles. The van der Waals surface area contributed by atoms with Gasteiger partial charge in [0.1, 0.15) is 0 Å². The Morgan fingerprint density at radius 3 is 2.69 bits per heavy atom. The van der Waals surface area contributed by atoms with Crippen LogP contribution < -0.4 is 5.32 Å². The zero-order chi connectivity index (χ0) is 12.0. The van der Waals surface area contributed by atoms with Gasteiger partial charge in [-0.25, -0.2) is 0 Å². The third-order valence-electron chi connectivity index (χ3n) is 2.83. The summed E-state index contributed by atoms with van der Waals surface area (Å²) >= 11 is 0. The van der Waals surface area contributed by atoms with Crippen molar-refractivity contribution >= 4 is 0 Å². The van der Waals surface area contributed by atoms with Gasteiger partial charge in [0.15, 0.2) is 0 Å². The lowest BCUT2D eigenvalue weighted by Crippen LogP contribution is -2.49. The molecule has 1 aromatic heterocycles. The number of furan rings is 1. The molecule has 1 rings (SSSR count). The van der Waals surface area contributed by atoms with E-state index in [-0.39, 0.29) is 5.60 Å². The molecule has 0 aliphatic rings. The normalized spacial score (nSPS) is 14.0. The lowest BCUT2D eigenvalue weighted by molar-refractivity contribution is -0.0377. The van der Waals surface area contributed by atoms with E-state index in [0.29, 0.717) is 6.04 Å². The summed E-state index contributed by atoms with van der Waals surface area (Å²) in [4.78, 5) is 0. The fourth-order valence-corrected chi connectivity index (χ4v) is 1.93. The highest BCUT2D eigenvalue weighted by Gasteiger charge is 2.29. The van der Waals surface area contributed by atoms with Gasteiger partial charge in [0.05, 0.1) is 18.1 Å². The molecule has 1 heterocycles. The average Bonchev–Trinajstić information content (AvgIpc) is 2.69. The van der Waals surface area contributed by atoms with Crippen LogP contribution in [0.1, 0.15) is 33.3 Å². The summed E-state index contributed by atoms with van der Waals surface area (Å²) in [5, 5.41) is 3.48. The molecule has 16 heavy (non-hydrogen) atoms. The van der Waals surface area contributed by atoms with Crippen LogP contribution in [-0.2, 0) is 11.2 Å². The Kier molecular flexibility index (Phi) is 5.03. The van der Waals surface area contributed by atoms with Crippen molar-refractivity contribution in [2.24, 2.45) is 0 Å². The molecule has 0 spiro atoms. The van der Waals surface area contributed by atoms with Crippen molar-refractivity contribution in [1.82, 2.24) is 5.32 Å². The molecular weight excluding hydrogens is 202 g/mol. The molecule has 0 amide bonds. The molecule has 0 aromatic carbocycles. The largest absolute Gasteiger partial charge is 0.472 e. The van der Waals surface area contributed by atoms with E-state index in [1.54, 1.807) is 12.5 Å². The van der Waals surface area contributed by atoms with Gasteiger partial charge in [0.2, 0.25) is 0 Å². The Morgan fingerprint density at radius 2 is 2.19 bits per heavy atom. The SMILES string of the molecule is CCNC(Cc1ccoc1)C(C)(C)OCC. The van der Waals surface area contributed by atoms with Gasteiger partial charge in [0, 0.05) is 12.6 Å². The van der Waals surface area contributed by atoms with Crippen molar-refractivity contribution in [1.29, 1.82) is 0 Å². The standard InChI is InChI=1S/C13H23NO2/c1-5-14-12(13(3,4)16-6-2)9-11-7-8-15-10-11/h7-8,10,12,14H,5-6,9H2,1-4H3. The zero-order valence-corrected chi connectivity index (χ0v) is 10.7. The number of likely N-dealkylation sites (N-methyl/N-ethyl adjacent to an activating group) is 1. The van der Waals surface area contributed by atoms with Crippen molar-refractivity contribution in [3.05, 3.63) is 24.2 Å². The van der Waals surface area contributed by atoms with Crippen LogP contribution in [0, 0.1) is 0 Å². The number of rotatable bonds is 7. The third-order valence-corrected chi connectivity index (χ3v) is 2.83. The molecule has 1 N–H and O–H groups in total. The third kappa shape index (κ3) is 3.65. The maximum Gasteiger partial charge on any atom is 0.0935 e. The van der Waals surface area contributed by atoms with Crippen molar-refractivity contribution in [2.75, 3.05) is 13.2 Å². The van der Waals surface area contributed by atoms with Crippen LogP contribution in [0.5, 0.6) is 0 Å². The van der Waals surface area contributed by atoms with Gasteiger partial charge >= 0.3 is 0 Å². The van der Waals surface area contributed by atoms with E-state index >= 15 is 0 Å². The number of ether oxygens (including phenoxy) is 1. The summed E-state index contributed by atoms with van der Waals surface area (Å²) in [5.41, 5.74) is 1.04. The molecule has 0 fully saturated rings. The molecule has 0 aliphatic heterocycles. The Balaban J connectivity index is 2.66. The monoisotopic (exact) mass is 225 g/mol. The lowest BCUT2D eigenvalue weighted by atomic mass is 9.93. The van der Waals surface area contributed by atoms with E-state index in [1.807, 2.05) is 13.0 Å². The molecule has 0 saturated carbocycles. The Hall–Kier alpha value is -0.800. The van der Waals surface area contributed by atoms with Crippen LogP contribution in [0.3, 0.4) is 0 Å². The summed E-state index contributed by atoms with van der Waals surface area (Å²) in [6, 6.07) is 2.31. The first-order chi connectivity index (χ1) is 7.60. The average molecular weight is 225 g/mol. The van der Waals surface area contributed by atoms with Gasteiger partial charge in [-0.15, -0.1) is 0 Å². The molecule has 92 valence electrons. The Bertz CT molecular complexity index is 280. The second-order valence-corrected chi connectivity index (χ2v) is 4.48. The molecule has 3 heteroatoms. The van der Waals surface area contributed by atoms with E-state index in [2.05, 4.69) is 26.1 Å². The molecular formula is C13H23NO2. The molecule has 1 atom stereocenters. The summed E-state index contributed by atoms with van der Waals surface area (Å²) < 4.78 is 10.9. The van der Waals surface area contributed by atoms with E-state index in [9.17, 15) is 0 Å². The first kappa shape index (κ1) is 13.3. The van der Waals surface area contributed by atoms with E-state index in [0.717, 1.165) is 19.6 Å². The van der Waals surface area contributed by atoms with Crippen molar-refractivity contribution < 1.29 is 9.15 Å². The van der Waals surface area contributed by atoms with Gasteiger partial charge in [-0.3, -0.25) is 0 Å². The minimum absolute atomic E-state index is 0.165. The fraction of sp³-hybridized carbons (Fsp3) is 0.692. The molecule has 1 aromatic rings. The van der Waals surface area contributed by atoms with Crippen LogP contribution in [0.25, 0.3) is 0 Å². The van der Waals surface area contributed by atoms with Crippen LogP contribution in [0.15, 0.2) is 23.0 Å². The number of hydrogen-bond acceptors (Lipinski definition) is 3. The number of nitrogens with one attached hydrogen (secondary N) is 1. The summed E-state index contributed by atoms with van der Waals surface area (Å²) in [5.74, 6) is 0. The van der Waals surface area contributed by atoms with Gasteiger partial charge in [-0.1, -0.05) is 6.92 Å². The molecule has 3 nitrogen and oxygen atoms in total. The van der Waals surface area contributed by atoms with E-state index in [4.69, 9.17) is 9.15 Å². The van der Waals surface area contributed by atoms with Crippen LogP contribution >= 0.6 is 0 Å². The second kappa shape index (κ2) is 6.06. The Labute approximate surface area is 98.2 Å². The van der Waals surface area contributed by atoms with Gasteiger partial charge < -0.3 is 14.5 Å². The van der Waals surface area contributed by atoms with Crippen molar-refractivity contribution in [2.45, 2.75) is 45.8 Å². The van der Waals surface area contributed by atoms with Crippen molar-refractivity contribution in [3.8, 4) is 0 Å². The fourth-order valence-electron chi connectivity index (χ4n) is 1.93. The predicted molar refractivity (Wildman–Crippen MR) is 65.6 cm³/mol. The zero-order valence-electron chi connectivity index (χ0n) is 10.7. The molecule has 0 saturated heterocycles. The smallest absolute Gasteiger partial charge is 0.0935 e. The van der Waals surface area contributed by atoms with Crippen LogP contribution in [0.2, 0.25) is 0 Å². The highest BCUT2D eigenvalue weighted by Crippen LogP contribution is 2.19.